The van der Waals surface area contributed by atoms with Gasteiger partial charge in [0.1, 0.15) is 0 Å². The highest BCUT2D eigenvalue weighted by Gasteiger charge is 2.24. The van der Waals surface area contributed by atoms with Crippen LogP contribution in [0.2, 0.25) is 0 Å². The largest absolute Gasteiger partial charge is 0.381 e. The van der Waals surface area contributed by atoms with Crippen molar-refractivity contribution in [2.45, 2.75) is 31.8 Å². The van der Waals surface area contributed by atoms with Gasteiger partial charge in [-0.25, -0.2) is 0 Å². The van der Waals surface area contributed by atoms with Crippen molar-refractivity contribution in [2.24, 2.45) is 11.7 Å². The highest BCUT2D eigenvalue weighted by molar-refractivity contribution is 5.17. The fraction of sp³-hybridized carbons (Fsp3) is 0.667. The van der Waals surface area contributed by atoms with Gasteiger partial charge in [-0.1, -0.05) is 0 Å². The number of aromatic nitrogens is 1. The van der Waals surface area contributed by atoms with E-state index in [0.717, 1.165) is 19.8 Å². The molecular formula is C15H25N3O. The molecule has 0 amide bonds. The van der Waals surface area contributed by atoms with Crippen LogP contribution in [0.1, 0.15) is 31.4 Å². The fourth-order valence-electron chi connectivity index (χ4n) is 2.99. The highest BCUT2D eigenvalue weighted by atomic mass is 16.5. The first kappa shape index (κ1) is 14.4. The standard InChI is InChI=1S/C15H25N3O/c1-12(16)15(14-5-7-17-8-6-14)18(2)10-13-4-3-9-19-11-13/h5-8,12-13,15H,3-4,9-11,16H2,1-2H3. The molecule has 2 heterocycles. The Hall–Kier alpha value is -0.970. The lowest BCUT2D eigenvalue weighted by atomic mass is 9.97. The topological polar surface area (TPSA) is 51.4 Å². The number of nitrogens with two attached hydrogens (primary N) is 1. The molecule has 106 valence electrons. The molecule has 3 atom stereocenters. The average Bonchev–Trinajstić information content (AvgIpc) is 2.40. The van der Waals surface area contributed by atoms with Crippen LogP contribution in [0.25, 0.3) is 0 Å². The quantitative estimate of drug-likeness (QED) is 0.880. The summed E-state index contributed by atoms with van der Waals surface area (Å²) in [4.78, 5) is 6.44. The Balaban J connectivity index is 2.02. The number of nitrogens with zero attached hydrogens (tertiary/aromatic N) is 2. The van der Waals surface area contributed by atoms with Crippen LogP contribution in [-0.4, -0.2) is 42.7 Å². The summed E-state index contributed by atoms with van der Waals surface area (Å²) in [6.45, 7) is 4.90. The van der Waals surface area contributed by atoms with Crippen molar-refractivity contribution >= 4 is 0 Å². The first-order valence-corrected chi connectivity index (χ1v) is 7.12. The van der Waals surface area contributed by atoms with Gasteiger partial charge in [0, 0.05) is 37.6 Å². The maximum absolute atomic E-state index is 6.18. The van der Waals surface area contributed by atoms with Gasteiger partial charge in [0.25, 0.3) is 0 Å². The van der Waals surface area contributed by atoms with Crippen LogP contribution in [0.15, 0.2) is 24.5 Å². The molecule has 4 nitrogen and oxygen atoms in total. The molecule has 0 spiro atoms. The van der Waals surface area contributed by atoms with E-state index in [2.05, 4.69) is 36.0 Å². The third kappa shape index (κ3) is 4.00. The van der Waals surface area contributed by atoms with Crippen molar-refractivity contribution in [2.75, 3.05) is 26.8 Å². The second kappa shape index (κ2) is 6.98. The summed E-state index contributed by atoms with van der Waals surface area (Å²) in [5, 5.41) is 0. The molecule has 0 bridgehead atoms. The van der Waals surface area contributed by atoms with Gasteiger partial charge >= 0.3 is 0 Å². The zero-order chi connectivity index (χ0) is 13.7. The Bertz CT molecular complexity index is 363. The molecule has 1 aromatic heterocycles. The molecule has 19 heavy (non-hydrogen) atoms. The molecule has 1 aliphatic rings. The molecule has 3 unspecified atom stereocenters. The zero-order valence-corrected chi connectivity index (χ0v) is 12.0. The van der Waals surface area contributed by atoms with E-state index < -0.39 is 0 Å². The van der Waals surface area contributed by atoms with Gasteiger partial charge in [-0.15, -0.1) is 0 Å². The minimum Gasteiger partial charge on any atom is -0.381 e. The van der Waals surface area contributed by atoms with E-state index in [-0.39, 0.29) is 12.1 Å². The summed E-state index contributed by atoms with van der Waals surface area (Å²) in [6, 6.07) is 4.45. The van der Waals surface area contributed by atoms with E-state index in [4.69, 9.17) is 10.5 Å². The van der Waals surface area contributed by atoms with Gasteiger partial charge in [-0.05, 0) is 50.4 Å². The molecular weight excluding hydrogens is 238 g/mol. The second-order valence-corrected chi connectivity index (χ2v) is 5.61. The third-order valence-corrected chi connectivity index (χ3v) is 3.82. The van der Waals surface area contributed by atoms with E-state index >= 15 is 0 Å². The maximum atomic E-state index is 6.18. The smallest absolute Gasteiger partial charge is 0.0506 e. The van der Waals surface area contributed by atoms with E-state index in [1.807, 2.05) is 12.4 Å². The van der Waals surface area contributed by atoms with Crippen LogP contribution in [0.5, 0.6) is 0 Å². The second-order valence-electron chi connectivity index (χ2n) is 5.61. The van der Waals surface area contributed by atoms with Crippen molar-refractivity contribution in [3.05, 3.63) is 30.1 Å². The van der Waals surface area contributed by atoms with Crippen LogP contribution in [0.4, 0.5) is 0 Å². The first-order chi connectivity index (χ1) is 9.18. The molecule has 4 heteroatoms. The van der Waals surface area contributed by atoms with Crippen molar-refractivity contribution in [1.82, 2.24) is 9.88 Å². The third-order valence-electron chi connectivity index (χ3n) is 3.82. The number of hydrogen-bond acceptors (Lipinski definition) is 4. The lowest BCUT2D eigenvalue weighted by Crippen LogP contribution is -2.41. The molecule has 1 aliphatic heterocycles. The highest BCUT2D eigenvalue weighted by Crippen LogP contribution is 2.24. The van der Waals surface area contributed by atoms with Crippen LogP contribution < -0.4 is 5.73 Å². The Morgan fingerprint density at radius 3 is 2.79 bits per heavy atom. The molecule has 0 aliphatic carbocycles. The van der Waals surface area contributed by atoms with Gasteiger partial charge in [0.05, 0.1) is 6.61 Å². The number of hydrogen-bond donors (Lipinski definition) is 1. The van der Waals surface area contributed by atoms with E-state index in [1.54, 1.807) is 0 Å². The van der Waals surface area contributed by atoms with Crippen LogP contribution in [0, 0.1) is 5.92 Å². The summed E-state index contributed by atoms with van der Waals surface area (Å²) in [7, 11) is 2.16. The molecule has 0 aromatic carbocycles. The predicted octanol–water partition coefficient (Wildman–Crippen LogP) is 1.83. The Morgan fingerprint density at radius 1 is 1.47 bits per heavy atom. The minimum atomic E-state index is 0.0944. The van der Waals surface area contributed by atoms with Gasteiger partial charge in [0.15, 0.2) is 0 Å². The summed E-state index contributed by atoms with van der Waals surface area (Å²) >= 11 is 0. The van der Waals surface area contributed by atoms with Crippen molar-refractivity contribution < 1.29 is 4.74 Å². The Morgan fingerprint density at radius 2 is 2.21 bits per heavy atom. The van der Waals surface area contributed by atoms with E-state index in [1.165, 1.54) is 18.4 Å². The maximum Gasteiger partial charge on any atom is 0.0506 e. The average molecular weight is 263 g/mol. The summed E-state index contributed by atoms with van der Waals surface area (Å²) in [5.41, 5.74) is 7.42. The lowest BCUT2D eigenvalue weighted by Gasteiger charge is -2.35. The molecule has 1 aromatic rings. The van der Waals surface area contributed by atoms with E-state index in [0.29, 0.717) is 5.92 Å². The predicted molar refractivity (Wildman–Crippen MR) is 76.8 cm³/mol. The van der Waals surface area contributed by atoms with E-state index in [9.17, 15) is 0 Å². The van der Waals surface area contributed by atoms with Crippen molar-refractivity contribution in [3.8, 4) is 0 Å². The van der Waals surface area contributed by atoms with Crippen molar-refractivity contribution in [3.63, 3.8) is 0 Å². The lowest BCUT2D eigenvalue weighted by molar-refractivity contribution is 0.0344. The summed E-state index contributed by atoms with van der Waals surface area (Å²) < 4.78 is 5.56. The molecule has 1 saturated heterocycles. The van der Waals surface area contributed by atoms with Gasteiger partial charge in [0.2, 0.25) is 0 Å². The van der Waals surface area contributed by atoms with Gasteiger partial charge in [-0.3, -0.25) is 9.88 Å². The first-order valence-electron chi connectivity index (χ1n) is 7.12. The molecule has 1 fully saturated rings. The molecule has 0 radical (unpaired) electrons. The summed E-state index contributed by atoms with van der Waals surface area (Å²) in [6.07, 6.45) is 6.10. The summed E-state index contributed by atoms with van der Waals surface area (Å²) in [5.74, 6) is 0.627. The van der Waals surface area contributed by atoms with Crippen molar-refractivity contribution in [1.29, 1.82) is 0 Å². The van der Waals surface area contributed by atoms with Crippen LogP contribution >= 0.6 is 0 Å². The zero-order valence-electron chi connectivity index (χ0n) is 12.0. The number of rotatable bonds is 5. The number of pyridine rings is 1. The SMILES string of the molecule is CC(N)C(c1ccncc1)N(C)CC1CCCOC1. The number of likely N-dealkylation sites (N-methyl/N-ethyl adjacent to an activating group) is 1. The number of ether oxygens (including phenoxy) is 1. The molecule has 0 saturated carbocycles. The van der Waals surface area contributed by atoms with Gasteiger partial charge < -0.3 is 10.5 Å². The Kier molecular flexibility index (Phi) is 5.31. The minimum absolute atomic E-state index is 0.0944. The molecule has 2 rings (SSSR count). The normalized spacial score (nSPS) is 23.3. The molecule has 2 N–H and O–H groups in total. The van der Waals surface area contributed by atoms with Crippen LogP contribution in [0.3, 0.4) is 0 Å². The fourth-order valence-corrected chi connectivity index (χ4v) is 2.99. The van der Waals surface area contributed by atoms with Crippen LogP contribution in [-0.2, 0) is 4.74 Å². The Labute approximate surface area is 116 Å². The van der Waals surface area contributed by atoms with Gasteiger partial charge in [-0.2, -0.15) is 0 Å². The monoisotopic (exact) mass is 263 g/mol.